The van der Waals surface area contributed by atoms with E-state index >= 15 is 0 Å². The van der Waals surface area contributed by atoms with Gasteiger partial charge in [-0.1, -0.05) is 6.07 Å². The van der Waals surface area contributed by atoms with E-state index in [1.807, 2.05) is 0 Å². The first kappa shape index (κ1) is 23.6. The summed E-state index contributed by atoms with van der Waals surface area (Å²) in [5.74, 6) is -1.22. The molecule has 0 saturated heterocycles. The van der Waals surface area contributed by atoms with Gasteiger partial charge in [0, 0.05) is 25.2 Å². The molecule has 172 valence electrons. The number of nitrogens with one attached hydrogen (secondary N) is 2. The van der Waals surface area contributed by atoms with E-state index in [1.165, 1.54) is 12.1 Å². The van der Waals surface area contributed by atoms with Gasteiger partial charge >= 0.3 is 6.18 Å². The Morgan fingerprint density at radius 2 is 2.00 bits per heavy atom. The SMILES string of the molecule is O=C(CONC1=CCN(S(=O)(=O)c2cccc(C(F)(F)F)c2)CC1)Nc1ccc(F)nc1. The van der Waals surface area contributed by atoms with Gasteiger partial charge in [-0.2, -0.15) is 21.9 Å². The van der Waals surface area contributed by atoms with E-state index in [9.17, 15) is 30.8 Å². The van der Waals surface area contributed by atoms with Crippen LogP contribution in [0.25, 0.3) is 0 Å². The van der Waals surface area contributed by atoms with Crippen molar-refractivity contribution in [3.63, 3.8) is 0 Å². The van der Waals surface area contributed by atoms with Gasteiger partial charge in [-0.25, -0.2) is 13.4 Å². The van der Waals surface area contributed by atoms with Crippen LogP contribution in [0.1, 0.15) is 12.0 Å². The number of amides is 1. The fraction of sp³-hybridized carbons (Fsp3) is 0.263. The summed E-state index contributed by atoms with van der Waals surface area (Å²) in [7, 11) is -4.12. The van der Waals surface area contributed by atoms with Crippen molar-refractivity contribution >= 4 is 21.6 Å². The molecule has 1 aliphatic heterocycles. The van der Waals surface area contributed by atoms with Crippen molar-refractivity contribution in [2.45, 2.75) is 17.5 Å². The van der Waals surface area contributed by atoms with Crippen LogP contribution in [0.5, 0.6) is 0 Å². The first-order valence-electron chi connectivity index (χ1n) is 9.21. The summed E-state index contributed by atoms with van der Waals surface area (Å²) in [5, 5.41) is 2.45. The van der Waals surface area contributed by atoms with Gasteiger partial charge in [0.05, 0.1) is 22.3 Å². The van der Waals surface area contributed by atoms with E-state index in [2.05, 4.69) is 15.8 Å². The fourth-order valence-corrected chi connectivity index (χ4v) is 4.21. The Kier molecular flexibility index (Phi) is 7.11. The molecule has 13 heteroatoms. The molecule has 0 atom stereocenters. The maximum absolute atomic E-state index is 12.9. The number of hydroxylamine groups is 1. The molecular formula is C19H18F4N4O4S. The Morgan fingerprint density at radius 3 is 2.62 bits per heavy atom. The van der Waals surface area contributed by atoms with Crippen molar-refractivity contribution < 1.29 is 35.6 Å². The minimum Gasteiger partial charge on any atom is -0.323 e. The zero-order valence-electron chi connectivity index (χ0n) is 16.4. The van der Waals surface area contributed by atoms with Crippen LogP contribution in [0, 0.1) is 5.95 Å². The van der Waals surface area contributed by atoms with E-state index in [4.69, 9.17) is 4.84 Å². The van der Waals surface area contributed by atoms with Gasteiger partial charge in [0.15, 0.2) is 6.61 Å². The van der Waals surface area contributed by atoms with Gasteiger partial charge in [0.1, 0.15) is 0 Å². The van der Waals surface area contributed by atoms with E-state index in [0.29, 0.717) is 11.8 Å². The highest BCUT2D eigenvalue weighted by Crippen LogP contribution is 2.31. The molecule has 2 N–H and O–H groups in total. The molecule has 8 nitrogen and oxygen atoms in total. The maximum atomic E-state index is 12.9. The van der Waals surface area contributed by atoms with Crippen LogP contribution in [0.3, 0.4) is 0 Å². The number of benzene rings is 1. The fourth-order valence-electron chi connectivity index (χ4n) is 2.78. The molecule has 2 aromatic rings. The summed E-state index contributed by atoms with van der Waals surface area (Å²) < 4.78 is 77.8. The Morgan fingerprint density at radius 1 is 1.22 bits per heavy atom. The number of carbonyl (C=O) groups excluding carboxylic acids is 1. The summed E-state index contributed by atoms with van der Waals surface area (Å²) in [6, 6.07) is 5.98. The standard InChI is InChI=1S/C19H18F4N4O4S/c20-17-5-4-15(11-24-17)25-18(28)12-31-26-14-6-8-27(9-7-14)32(29,30)16-3-1-2-13(10-16)19(21,22)23/h1-6,10-11,26H,7-9,12H2,(H,25,28). The average Bonchev–Trinajstić information content (AvgIpc) is 2.75. The van der Waals surface area contributed by atoms with Crippen molar-refractivity contribution in [2.75, 3.05) is 25.0 Å². The smallest absolute Gasteiger partial charge is 0.323 e. The molecular weight excluding hydrogens is 456 g/mol. The predicted molar refractivity (Wildman–Crippen MR) is 105 cm³/mol. The molecule has 0 fully saturated rings. The van der Waals surface area contributed by atoms with E-state index in [-0.39, 0.29) is 31.8 Å². The second kappa shape index (κ2) is 9.63. The number of anilines is 1. The lowest BCUT2D eigenvalue weighted by Gasteiger charge is -2.26. The number of nitrogens with zero attached hydrogens (tertiary/aromatic N) is 2. The molecule has 1 aromatic carbocycles. The monoisotopic (exact) mass is 474 g/mol. The summed E-state index contributed by atoms with van der Waals surface area (Å²) >= 11 is 0. The highest BCUT2D eigenvalue weighted by atomic mass is 32.2. The Hall–Kier alpha value is -3.03. The van der Waals surface area contributed by atoms with Crippen LogP contribution in [-0.4, -0.2) is 43.3 Å². The van der Waals surface area contributed by atoms with E-state index in [0.717, 1.165) is 34.8 Å². The maximum Gasteiger partial charge on any atom is 0.416 e. The highest BCUT2D eigenvalue weighted by molar-refractivity contribution is 7.89. The van der Waals surface area contributed by atoms with Crippen molar-refractivity contribution in [3.8, 4) is 0 Å². The lowest BCUT2D eigenvalue weighted by molar-refractivity contribution is -0.137. The topological polar surface area (TPSA) is 101 Å². The Labute approximate surface area is 180 Å². The molecule has 0 unspecified atom stereocenters. The predicted octanol–water partition coefficient (Wildman–Crippen LogP) is 2.68. The lowest BCUT2D eigenvalue weighted by atomic mass is 10.2. The van der Waals surface area contributed by atoms with E-state index in [1.54, 1.807) is 0 Å². The zero-order chi connectivity index (χ0) is 23.4. The average molecular weight is 474 g/mol. The van der Waals surface area contributed by atoms with Crippen molar-refractivity contribution in [3.05, 3.63) is 65.9 Å². The van der Waals surface area contributed by atoms with Crippen LogP contribution < -0.4 is 10.8 Å². The van der Waals surface area contributed by atoms with Gasteiger partial charge in [-0.15, -0.1) is 0 Å². The summed E-state index contributed by atoms with van der Waals surface area (Å²) in [5.41, 5.74) is 2.29. The molecule has 0 bridgehead atoms. The zero-order valence-corrected chi connectivity index (χ0v) is 17.2. The third-order valence-electron chi connectivity index (χ3n) is 4.39. The largest absolute Gasteiger partial charge is 0.416 e. The normalized spacial score (nSPS) is 15.2. The molecule has 1 aromatic heterocycles. The third kappa shape index (κ3) is 6.02. The first-order chi connectivity index (χ1) is 15.1. The molecule has 3 rings (SSSR count). The number of halogens is 4. The van der Waals surface area contributed by atoms with Gasteiger partial charge < -0.3 is 5.32 Å². The van der Waals surface area contributed by atoms with Gasteiger partial charge in [-0.3, -0.25) is 15.1 Å². The number of alkyl halides is 3. The van der Waals surface area contributed by atoms with Crippen LogP contribution >= 0.6 is 0 Å². The molecule has 1 amide bonds. The van der Waals surface area contributed by atoms with Crippen LogP contribution in [0.2, 0.25) is 0 Å². The van der Waals surface area contributed by atoms with Crippen molar-refractivity contribution in [2.24, 2.45) is 0 Å². The van der Waals surface area contributed by atoms with Crippen LogP contribution in [0.4, 0.5) is 23.2 Å². The Bertz CT molecular complexity index is 1110. The van der Waals surface area contributed by atoms with Gasteiger partial charge in [-0.05, 0) is 36.4 Å². The summed E-state index contributed by atoms with van der Waals surface area (Å²) in [4.78, 5) is 19.8. The third-order valence-corrected chi connectivity index (χ3v) is 6.25. The summed E-state index contributed by atoms with van der Waals surface area (Å²) in [6.45, 7) is -0.465. The minimum atomic E-state index is -4.65. The number of hydrogen-bond acceptors (Lipinski definition) is 6. The van der Waals surface area contributed by atoms with Crippen LogP contribution in [-0.2, 0) is 25.8 Å². The van der Waals surface area contributed by atoms with Gasteiger partial charge in [0.2, 0.25) is 16.0 Å². The number of hydrogen-bond donors (Lipinski definition) is 2. The molecule has 0 radical (unpaired) electrons. The molecule has 0 saturated carbocycles. The van der Waals surface area contributed by atoms with Crippen molar-refractivity contribution in [1.82, 2.24) is 14.8 Å². The molecule has 32 heavy (non-hydrogen) atoms. The number of carbonyl (C=O) groups is 1. The number of rotatable bonds is 7. The van der Waals surface area contributed by atoms with Gasteiger partial charge in [0.25, 0.3) is 5.91 Å². The second-order valence-corrected chi connectivity index (χ2v) is 8.61. The lowest BCUT2D eigenvalue weighted by Crippen LogP contribution is -2.37. The molecule has 1 aliphatic rings. The molecule has 0 spiro atoms. The number of aromatic nitrogens is 1. The number of pyridine rings is 1. The highest BCUT2D eigenvalue weighted by Gasteiger charge is 2.33. The second-order valence-electron chi connectivity index (χ2n) is 6.68. The van der Waals surface area contributed by atoms with Crippen molar-refractivity contribution in [1.29, 1.82) is 0 Å². The Balaban J connectivity index is 1.52. The molecule has 0 aliphatic carbocycles. The number of sulfonamides is 1. The summed E-state index contributed by atoms with van der Waals surface area (Å²) in [6.07, 6.45) is -1.82. The van der Waals surface area contributed by atoms with E-state index < -0.39 is 38.5 Å². The first-order valence-corrected chi connectivity index (χ1v) is 10.7. The molecule has 2 heterocycles. The van der Waals surface area contributed by atoms with Crippen LogP contribution in [0.15, 0.2) is 59.3 Å². The quantitative estimate of drug-likeness (QED) is 0.364. The minimum absolute atomic E-state index is 0.00815.